The van der Waals surface area contributed by atoms with Gasteiger partial charge in [0.05, 0.1) is 11.6 Å². The highest BCUT2D eigenvalue weighted by atomic mass is 32.1. The average molecular weight is 358 g/mol. The number of aliphatic hydroxyl groups is 1. The number of aromatic nitrogens is 1. The lowest BCUT2D eigenvalue weighted by Gasteiger charge is -2.33. The number of benzene rings is 1. The molecule has 1 N–H and O–H groups in total. The van der Waals surface area contributed by atoms with Crippen LogP contribution in [0, 0.1) is 5.92 Å². The molecule has 0 amide bonds. The van der Waals surface area contributed by atoms with Crippen molar-refractivity contribution in [3.05, 3.63) is 57.2 Å². The van der Waals surface area contributed by atoms with Crippen molar-refractivity contribution in [3.8, 4) is 0 Å². The first-order chi connectivity index (χ1) is 12.2. The number of hydrogen-bond acceptors (Lipinski definition) is 5. The third kappa shape index (κ3) is 3.42. The summed E-state index contributed by atoms with van der Waals surface area (Å²) in [4.78, 5) is 15.5. The number of hydrogen-bond donors (Lipinski definition) is 1. The van der Waals surface area contributed by atoms with Gasteiger partial charge in [-0.25, -0.2) is 4.79 Å². The van der Waals surface area contributed by atoms with E-state index < -0.39 is 0 Å². The van der Waals surface area contributed by atoms with Crippen molar-refractivity contribution in [1.82, 2.24) is 9.47 Å². The van der Waals surface area contributed by atoms with Crippen molar-refractivity contribution >= 4 is 22.4 Å². The van der Waals surface area contributed by atoms with E-state index in [0.29, 0.717) is 18.0 Å². The number of oxazole rings is 1. The van der Waals surface area contributed by atoms with Gasteiger partial charge in [0, 0.05) is 18.0 Å². The van der Waals surface area contributed by atoms with Crippen LogP contribution in [0.3, 0.4) is 0 Å². The molecule has 1 aliphatic rings. The van der Waals surface area contributed by atoms with E-state index in [1.165, 1.54) is 0 Å². The number of aliphatic hydroxyl groups excluding tert-OH is 1. The van der Waals surface area contributed by atoms with Crippen LogP contribution in [-0.4, -0.2) is 34.2 Å². The van der Waals surface area contributed by atoms with Gasteiger partial charge in [-0.15, -0.1) is 11.3 Å². The van der Waals surface area contributed by atoms with Gasteiger partial charge in [-0.1, -0.05) is 18.2 Å². The van der Waals surface area contributed by atoms with Gasteiger partial charge >= 0.3 is 5.76 Å². The third-order valence-electron chi connectivity index (χ3n) is 5.13. The minimum absolute atomic E-state index is 0.288. The maximum Gasteiger partial charge on any atom is 0.419 e. The number of piperidine rings is 1. The predicted octanol–water partition coefficient (Wildman–Crippen LogP) is 3.10. The Hall–Kier alpha value is -1.89. The summed E-state index contributed by atoms with van der Waals surface area (Å²) >= 11 is 1.62. The van der Waals surface area contributed by atoms with E-state index in [4.69, 9.17) is 4.42 Å². The van der Waals surface area contributed by atoms with Gasteiger partial charge in [0.2, 0.25) is 0 Å². The maximum absolute atomic E-state index is 12.0. The number of likely N-dealkylation sites (tertiary alicyclic amines) is 1. The van der Waals surface area contributed by atoms with Gasteiger partial charge in [-0.05, 0) is 55.4 Å². The molecule has 6 heteroatoms. The first-order valence-corrected chi connectivity index (χ1v) is 9.62. The second-order valence-electron chi connectivity index (χ2n) is 6.63. The molecule has 0 bridgehead atoms. The number of nitrogens with zero attached hydrogens (tertiary/aromatic N) is 2. The molecule has 0 spiro atoms. The molecule has 0 saturated carbocycles. The lowest BCUT2D eigenvalue weighted by molar-refractivity contribution is 0.0602. The Morgan fingerprint density at radius 3 is 2.72 bits per heavy atom. The Morgan fingerprint density at radius 1 is 1.16 bits per heavy atom. The highest BCUT2D eigenvalue weighted by molar-refractivity contribution is 7.10. The summed E-state index contributed by atoms with van der Waals surface area (Å²) in [6.45, 7) is 3.37. The SMILES string of the molecule is O=c1oc2ccccc2n1CCN1CCC([C@H](O)c2cccs2)CC1. The van der Waals surface area contributed by atoms with E-state index >= 15 is 0 Å². The van der Waals surface area contributed by atoms with Crippen molar-refractivity contribution in [2.45, 2.75) is 25.5 Å². The summed E-state index contributed by atoms with van der Waals surface area (Å²) in [5.41, 5.74) is 1.50. The number of fused-ring (bicyclic) bond motifs is 1. The zero-order valence-corrected chi connectivity index (χ0v) is 14.8. The van der Waals surface area contributed by atoms with Crippen LogP contribution in [0.1, 0.15) is 23.8 Å². The Labute approximate surface area is 150 Å². The minimum atomic E-state index is -0.345. The van der Waals surface area contributed by atoms with Crippen molar-refractivity contribution < 1.29 is 9.52 Å². The molecule has 0 unspecified atom stereocenters. The predicted molar refractivity (Wildman–Crippen MR) is 98.9 cm³/mol. The van der Waals surface area contributed by atoms with E-state index in [-0.39, 0.29) is 11.9 Å². The number of thiophene rings is 1. The zero-order chi connectivity index (χ0) is 17.2. The summed E-state index contributed by atoms with van der Waals surface area (Å²) in [6, 6.07) is 11.5. The topological polar surface area (TPSA) is 58.6 Å². The van der Waals surface area contributed by atoms with Crippen molar-refractivity contribution in [3.63, 3.8) is 0 Å². The van der Waals surface area contributed by atoms with E-state index in [9.17, 15) is 9.90 Å². The van der Waals surface area contributed by atoms with E-state index in [1.54, 1.807) is 15.9 Å². The zero-order valence-electron chi connectivity index (χ0n) is 14.0. The summed E-state index contributed by atoms with van der Waals surface area (Å²) in [5.74, 6) is 0.0385. The second kappa shape index (κ2) is 7.15. The van der Waals surface area contributed by atoms with Crippen molar-refractivity contribution in [2.75, 3.05) is 19.6 Å². The smallest absolute Gasteiger partial charge is 0.408 e. The van der Waals surface area contributed by atoms with Gasteiger partial charge in [0.25, 0.3) is 0 Å². The molecule has 1 saturated heterocycles. The van der Waals surface area contributed by atoms with Crippen LogP contribution < -0.4 is 5.76 Å². The largest absolute Gasteiger partial charge is 0.419 e. The van der Waals surface area contributed by atoms with Crippen LogP contribution in [0.25, 0.3) is 11.1 Å². The summed E-state index contributed by atoms with van der Waals surface area (Å²) < 4.78 is 7.00. The van der Waals surface area contributed by atoms with Gasteiger partial charge in [-0.2, -0.15) is 0 Å². The van der Waals surface area contributed by atoms with Crippen LogP contribution in [0.4, 0.5) is 0 Å². The fraction of sp³-hybridized carbons (Fsp3) is 0.421. The fourth-order valence-electron chi connectivity index (χ4n) is 3.65. The van der Waals surface area contributed by atoms with Crippen LogP contribution >= 0.6 is 11.3 Å². The van der Waals surface area contributed by atoms with Gasteiger partial charge in [0.15, 0.2) is 5.58 Å². The molecule has 1 fully saturated rings. The molecular weight excluding hydrogens is 336 g/mol. The monoisotopic (exact) mass is 358 g/mol. The molecule has 3 heterocycles. The average Bonchev–Trinajstić information content (AvgIpc) is 3.27. The first kappa shape index (κ1) is 16.6. The number of rotatable bonds is 5. The van der Waals surface area contributed by atoms with Gasteiger partial charge < -0.3 is 14.4 Å². The summed E-state index contributed by atoms with van der Waals surface area (Å²) in [6.07, 6.45) is 1.63. The molecule has 1 aliphatic heterocycles. The van der Waals surface area contributed by atoms with Crippen molar-refractivity contribution in [2.24, 2.45) is 5.92 Å². The highest BCUT2D eigenvalue weighted by Gasteiger charge is 2.26. The van der Waals surface area contributed by atoms with Crippen LogP contribution in [0.5, 0.6) is 0 Å². The summed E-state index contributed by atoms with van der Waals surface area (Å²) in [5, 5.41) is 12.5. The first-order valence-electron chi connectivity index (χ1n) is 8.74. The standard InChI is InChI=1S/C19H22N2O3S/c22-18(17-6-3-13-25-17)14-7-9-20(10-8-14)11-12-21-15-4-1-2-5-16(15)24-19(21)23/h1-6,13-14,18,22H,7-12H2/t18-/m0/s1. The molecule has 132 valence electrons. The molecule has 0 aliphatic carbocycles. The molecule has 0 radical (unpaired) electrons. The maximum atomic E-state index is 12.0. The van der Waals surface area contributed by atoms with E-state index in [1.807, 2.05) is 41.8 Å². The van der Waals surface area contributed by atoms with Crippen LogP contribution in [0.15, 0.2) is 51.0 Å². The Morgan fingerprint density at radius 2 is 1.96 bits per heavy atom. The Balaban J connectivity index is 1.34. The van der Waals surface area contributed by atoms with E-state index in [0.717, 1.165) is 42.9 Å². The molecule has 1 aromatic carbocycles. The molecule has 2 aromatic heterocycles. The van der Waals surface area contributed by atoms with Gasteiger partial charge in [-0.3, -0.25) is 4.57 Å². The molecule has 4 rings (SSSR count). The normalized spacial score (nSPS) is 18.0. The number of para-hydroxylation sites is 2. The molecular formula is C19H22N2O3S. The Kier molecular flexibility index (Phi) is 4.74. The minimum Gasteiger partial charge on any atom is -0.408 e. The Bertz CT molecular complexity index is 876. The highest BCUT2D eigenvalue weighted by Crippen LogP contribution is 2.32. The third-order valence-corrected chi connectivity index (χ3v) is 6.07. The molecule has 25 heavy (non-hydrogen) atoms. The lowest BCUT2D eigenvalue weighted by atomic mass is 9.90. The van der Waals surface area contributed by atoms with E-state index in [2.05, 4.69) is 4.90 Å². The molecule has 5 nitrogen and oxygen atoms in total. The molecule has 3 aromatic rings. The summed E-state index contributed by atoms with van der Waals surface area (Å²) in [7, 11) is 0. The van der Waals surface area contributed by atoms with Gasteiger partial charge in [0.1, 0.15) is 0 Å². The molecule has 1 atom stereocenters. The second-order valence-corrected chi connectivity index (χ2v) is 7.61. The lowest BCUT2D eigenvalue weighted by Crippen LogP contribution is -2.38. The quantitative estimate of drug-likeness (QED) is 0.761. The fourth-order valence-corrected chi connectivity index (χ4v) is 4.45. The van der Waals surface area contributed by atoms with Crippen LogP contribution in [0.2, 0.25) is 0 Å². The van der Waals surface area contributed by atoms with Crippen molar-refractivity contribution in [1.29, 1.82) is 0 Å². The van der Waals surface area contributed by atoms with Crippen LogP contribution in [-0.2, 0) is 6.54 Å².